The predicted molar refractivity (Wildman–Crippen MR) is 236 cm³/mol. The fourth-order valence-corrected chi connectivity index (χ4v) is 8.36. The Labute approximate surface area is 330 Å². The summed E-state index contributed by atoms with van der Waals surface area (Å²) < 4.78 is 6.57. The average Bonchev–Trinajstić information content (AvgIpc) is 3.68. The van der Waals surface area contributed by atoms with Gasteiger partial charge >= 0.3 is 0 Å². The summed E-state index contributed by atoms with van der Waals surface area (Å²) in [4.78, 5) is 15.6. The molecule has 11 rings (SSSR count). The largest absolute Gasteiger partial charge is 0.456 e. The van der Waals surface area contributed by atoms with E-state index in [0.29, 0.717) is 17.5 Å². The predicted octanol–water partition coefficient (Wildman–Crippen LogP) is 14.1. The summed E-state index contributed by atoms with van der Waals surface area (Å²) in [6.45, 7) is 0. The van der Waals surface area contributed by atoms with Gasteiger partial charge in [-0.1, -0.05) is 170 Å². The van der Waals surface area contributed by atoms with Gasteiger partial charge < -0.3 is 4.42 Å². The van der Waals surface area contributed by atoms with Gasteiger partial charge in [-0.15, -0.1) is 0 Å². The third-order valence-corrected chi connectivity index (χ3v) is 11.2. The van der Waals surface area contributed by atoms with Crippen molar-refractivity contribution in [2.45, 2.75) is 12.8 Å². The Kier molecular flexibility index (Phi) is 7.92. The summed E-state index contributed by atoms with van der Waals surface area (Å²) in [6.07, 6.45) is 8.75. The molecule has 4 nitrogen and oxygen atoms in total. The number of hydrogen-bond acceptors (Lipinski definition) is 4. The first-order valence-corrected chi connectivity index (χ1v) is 19.5. The van der Waals surface area contributed by atoms with Crippen LogP contribution in [0.15, 0.2) is 193 Å². The SMILES string of the molecule is C1=CCCC(c2ccc(-c3cccc4oc5cccc(-c6nc(-c7ccc(-c8cccc9ccccc89)cc7)nc(-c7ccc8ccccc8c7)n6)c5c34)cc2)=C1. The minimum Gasteiger partial charge on any atom is -0.456 e. The second kappa shape index (κ2) is 13.7. The van der Waals surface area contributed by atoms with Crippen LogP contribution in [0.3, 0.4) is 0 Å². The van der Waals surface area contributed by atoms with Gasteiger partial charge in [0.1, 0.15) is 11.2 Å². The third-order valence-electron chi connectivity index (χ3n) is 11.2. The number of nitrogens with zero attached hydrogens (tertiary/aromatic N) is 3. The molecule has 0 bridgehead atoms. The number of furan rings is 1. The van der Waals surface area contributed by atoms with E-state index < -0.39 is 0 Å². The second-order valence-electron chi connectivity index (χ2n) is 14.7. The summed E-state index contributed by atoms with van der Waals surface area (Å²) in [5, 5.41) is 6.78. The highest BCUT2D eigenvalue weighted by Gasteiger charge is 2.20. The molecule has 57 heavy (non-hydrogen) atoms. The van der Waals surface area contributed by atoms with Crippen LogP contribution >= 0.6 is 0 Å². The van der Waals surface area contributed by atoms with Gasteiger partial charge in [0.25, 0.3) is 0 Å². The fourth-order valence-electron chi connectivity index (χ4n) is 8.36. The van der Waals surface area contributed by atoms with Crippen LogP contribution < -0.4 is 0 Å². The molecule has 0 amide bonds. The van der Waals surface area contributed by atoms with E-state index in [1.807, 2.05) is 18.2 Å². The maximum absolute atomic E-state index is 6.57. The smallest absolute Gasteiger partial charge is 0.164 e. The van der Waals surface area contributed by atoms with Crippen molar-refractivity contribution < 1.29 is 4.42 Å². The van der Waals surface area contributed by atoms with E-state index in [-0.39, 0.29) is 0 Å². The molecule has 4 heteroatoms. The Morgan fingerprint density at radius 3 is 1.74 bits per heavy atom. The van der Waals surface area contributed by atoms with Crippen molar-refractivity contribution in [3.63, 3.8) is 0 Å². The lowest BCUT2D eigenvalue weighted by Crippen LogP contribution is -2.00. The molecule has 0 atom stereocenters. The van der Waals surface area contributed by atoms with E-state index in [0.717, 1.165) is 73.5 Å². The van der Waals surface area contributed by atoms with E-state index in [1.54, 1.807) is 0 Å². The topological polar surface area (TPSA) is 51.8 Å². The van der Waals surface area contributed by atoms with E-state index in [9.17, 15) is 0 Å². The Hall–Kier alpha value is -7.43. The van der Waals surface area contributed by atoms with Crippen LogP contribution in [-0.2, 0) is 0 Å². The number of fused-ring (bicyclic) bond motifs is 5. The van der Waals surface area contributed by atoms with Crippen LogP contribution in [0, 0.1) is 0 Å². The average molecular weight is 730 g/mol. The molecule has 0 fully saturated rings. The zero-order chi connectivity index (χ0) is 37.7. The Bertz CT molecular complexity index is 3220. The number of benzene rings is 8. The Morgan fingerprint density at radius 2 is 0.965 bits per heavy atom. The van der Waals surface area contributed by atoms with Crippen LogP contribution in [-0.4, -0.2) is 15.0 Å². The van der Waals surface area contributed by atoms with Crippen molar-refractivity contribution in [1.82, 2.24) is 15.0 Å². The third kappa shape index (κ3) is 5.90. The van der Waals surface area contributed by atoms with Gasteiger partial charge in [-0.25, -0.2) is 15.0 Å². The standard InChI is InChI=1S/C53H35N3O/c1-2-11-34(12-3-1)36-23-26-39(27-24-36)45-19-9-21-47-49(45)50-46(20-10-22-48(50)57-47)53-55-51(54-52(56-53)42-32-25-35-13-4-5-15-41(35)33-42)40-30-28-38(29-31-40)44-18-8-16-37-14-6-7-17-43(37)44/h1-2,4-11,13-33H,3,12H2. The molecule has 0 aliphatic heterocycles. The maximum Gasteiger partial charge on any atom is 0.164 e. The van der Waals surface area contributed by atoms with Crippen molar-refractivity contribution in [1.29, 1.82) is 0 Å². The summed E-state index contributed by atoms with van der Waals surface area (Å²) in [7, 11) is 0. The Morgan fingerprint density at radius 1 is 0.404 bits per heavy atom. The number of hydrogen-bond donors (Lipinski definition) is 0. The number of aromatic nitrogens is 3. The van der Waals surface area contributed by atoms with Crippen LogP contribution in [0.4, 0.5) is 0 Å². The molecular weight excluding hydrogens is 695 g/mol. The minimum atomic E-state index is 0.594. The number of rotatable bonds is 6. The molecule has 0 spiro atoms. The van der Waals surface area contributed by atoms with Crippen LogP contribution in [0.5, 0.6) is 0 Å². The zero-order valence-electron chi connectivity index (χ0n) is 31.1. The molecule has 0 N–H and O–H groups in total. The van der Waals surface area contributed by atoms with Gasteiger partial charge in [-0.2, -0.15) is 0 Å². The zero-order valence-corrected chi connectivity index (χ0v) is 31.1. The highest BCUT2D eigenvalue weighted by atomic mass is 16.3. The van der Waals surface area contributed by atoms with Crippen LogP contribution in [0.25, 0.3) is 105 Å². The van der Waals surface area contributed by atoms with E-state index in [4.69, 9.17) is 19.4 Å². The van der Waals surface area contributed by atoms with Gasteiger partial charge in [0.05, 0.1) is 0 Å². The normalized spacial score (nSPS) is 12.8. The first-order chi connectivity index (χ1) is 28.2. The van der Waals surface area contributed by atoms with Gasteiger partial charge in [-0.05, 0) is 86.0 Å². The van der Waals surface area contributed by atoms with Gasteiger partial charge in [0.15, 0.2) is 17.5 Å². The van der Waals surface area contributed by atoms with E-state index in [1.165, 1.54) is 32.9 Å². The van der Waals surface area contributed by atoms with Crippen molar-refractivity contribution in [3.05, 3.63) is 194 Å². The monoisotopic (exact) mass is 729 g/mol. The second-order valence-corrected chi connectivity index (χ2v) is 14.7. The molecule has 268 valence electrons. The van der Waals surface area contributed by atoms with Crippen LogP contribution in [0.1, 0.15) is 18.4 Å². The van der Waals surface area contributed by atoms with E-state index >= 15 is 0 Å². The van der Waals surface area contributed by atoms with Gasteiger partial charge in [-0.3, -0.25) is 0 Å². The first-order valence-electron chi connectivity index (χ1n) is 19.5. The molecular formula is C53H35N3O. The quantitative estimate of drug-likeness (QED) is 0.171. The fraction of sp³-hybridized carbons (Fsp3) is 0.0377. The van der Waals surface area contributed by atoms with Gasteiger partial charge in [0.2, 0.25) is 0 Å². The Balaban J connectivity index is 1.08. The molecule has 0 saturated carbocycles. The highest BCUT2D eigenvalue weighted by molar-refractivity contribution is 6.17. The molecule has 1 aliphatic rings. The molecule has 0 unspecified atom stereocenters. The molecule has 10 aromatic rings. The minimum absolute atomic E-state index is 0.594. The van der Waals surface area contributed by atoms with Crippen LogP contribution in [0.2, 0.25) is 0 Å². The van der Waals surface area contributed by atoms with Crippen molar-refractivity contribution in [3.8, 4) is 56.4 Å². The lowest BCUT2D eigenvalue weighted by Gasteiger charge is -2.12. The molecule has 0 radical (unpaired) electrons. The molecule has 2 heterocycles. The van der Waals surface area contributed by atoms with Crippen molar-refractivity contribution in [2.24, 2.45) is 0 Å². The van der Waals surface area contributed by atoms with Gasteiger partial charge in [0, 0.05) is 27.5 Å². The molecule has 2 aromatic heterocycles. The first kappa shape index (κ1) is 33.0. The lowest BCUT2D eigenvalue weighted by molar-refractivity contribution is 0.669. The summed E-state index contributed by atoms with van der Waals surface area (Å²) in [5.41, 5.74) is 11.6. The van der Waals surface area contributed by atoms with Crippen molar-refractivity contribution >= 4 is 49.1 Å². The summed E-state index contributed by atoms with van der Waals surface area (Å²) in [5.74, 6) is 1.82. The summed E-state index contributed by atoms with van der Waals surface area (Å²) >= 11 is 0. The highest BCUT2D eigenvalue weighted by Crippen LogP contribution is 2.42. The van der Waals surface area contributed by atoms with Crippen molar-refractivity contribution in [2.75, 3.05) is 0 Å². The summed E-state index contributed by atoms with van der Waals surface area (Å²) in [6, 6.07) is 59.7. The van der Waals surface area contributed by atoms with E-state index in [2.05, 4.69) is 170 Å². The lowest BCUT2D eigenvalue weighted by atomic mass is 9.93. The molecule has 1 aliphatic carbocycles. The molecule has 0 saturated heterocycles. The maximum atomic E-state index is 6.57. The number of allylic oxidation sites excluding steroid dienone is 4. The molecule has 8 aromatic carbocycles.